The Labute approximate surface area is 156 Å². The molecule has 0 spiro atoms. The molecular weight excluding hydrogens is 397 g/mol. The Balaban J connectivity index is 0.00000288. The van der Waals surface area contributed by atoms with Gasteiger partial charge in [-0.2, -0.15) is 0 Å². The van der Waals surface area contributed by atoms with Gasteiger partial charge >= 0.3 is 0 Å². The molecule has 132 valence electrons. The van der Waals surface area contributed by atoms with E-state index in [1.807, 2.05) is 25.1 Å². The van der Waals surface area contributed by atoms with Crippen LogP contribution in [0.5, 0.6) is 5.75 Å². The molecule has 6 heteroatoms. The minimum Gasteiger partial charge on any atom is -0.488 e. The Morgan fingerprint density at radius 3 is 2.62 bits per heavy atom. The summed E-state index contributed by atoms with van der Waals surface area (Å²) in [4.78, 5) is 0. The molecule has 24 heavy (non-hydrogen) atoms. The van der Waals surface area contributed by atoms with Gasteiger partial charge in [-0.1, -0.05) is 41.1 Å². The van der Waals surface area contributed by atoms with Gasteiger partial charge in [0, 0.05) is 28.2 Å². The number of halogens is 3. The summed E-state index contributed by atoms with van der Waals surface area (Å²) in [7, 11) is 0. The van der Waals surface area contributed by atoms with E-state index in [2.05, 4.69) is 21.2 Å². The summed E-state index contributed by atoms with van der Waals surface area (Å²) in [6, 6.07) is 12.4. The Morgan fingerprint density at radius 1 is 1.21 bits per heavy atom. The van der Waals surface area contributed by atoms with E-state index in [4.69, 9.17) is 4.74 Å². The number of rotatable bonds is 8. The van der Waals surface area contributed by atoms with Crippen molar-refractivity contribution in [1.29, 1.82) is 0 Å². The predicted molar refractivity (Wildman–Crippen MR) is 100 cm³/mol. The van der Waals surface area contributed by atoms with Crippen LogP contribution in [-0.2, 0) is 13.2 Å². The predicted octanol–water partition coefficient (Wildman–Crippen LogP) is 4.45. The molecule has 2 aromatic carbocycles. The Kier molecular flexibility index (Phi) is 9.29. The molecule has 0 fully saturated rings. The fraction of sp³-hybridized carbons (Fsp3) is 0.333. The first kappa shape index (κ1) is 20.9. The number of aliphatic hydroxyl groups excluding tert-OH is 1. The van der Waals surface area contributed by atoms with Gasteiger partial charge in [-0.3, -0.25) is 0 Å². The second-order valence-electron chi connectivity index (χ2n) is 5.30. The molecule has 0 aliphatic rings. The quantitative estimate of drug-likeness (QED) is 0.665. The topological polar surface area (TPSA) is 41.5 Å². The van der Waals surface area contributed by atoms with Crippen LogP contribution in [0.4, 0.5) is 4.39 Å². The summed E-state index contributed by atoms with van der Waals surface area (Å²) in [5, 5.41) is 12.6. The first-order chi connectivity index (χ1) is 11.1. The number of benzene rings is 2. The third-order valence-corrected chi connectivity index (χ3v) is 4.15. The van der Waals surface area contributed by atoms with Crippen molar-refractivity contribution in [3.05, 3.63) is 63.9 Å². The van der Waals surface area contributed by atoms with Gasteiger partial charge in [-0.15, -0.1) is 12.4 Å². The molecule has 0 aliphatic carbocycles. The molecule has 1 atom stereocenters. The van der Waals surface area contributed by atoms with Crippen molar-refractivity contribution < 1.29 is 14.2 Å². The fourth-order valence-corrected chi connectivity index (χ4v) is 2.60. The van der Waals surface area contributed by atoms with Crippen LogP contribution in [0.3, 0.4) is 0 Å². The zero-order chi connectivity index (χ0) is 16.7. The van der Waals surface area contributed by atoms with Gasteiger partial charge in [0.1, 0.15) is 18.2 Å². The van der Waals surface area contributed by atoms with Crippen LogP contribution in [0.25, 0.3) is 0 Å². The molecule has 0 aliphatic heterocycles. The molecule has 0 saturated heterocycles. The van der Waals surface area contributed by atoms with Crippen LogP contribution in [0, 0.1) is 5.82 Å². The highest BCUT2D eigenvalue weighted by atomic mass is 79.9. The summed E-state index contributed by atoms with van der Waals surface area (Å²) in [5.41, 5.74) is 1.48. The molecule has 0 saturated carbocycles. The van der Waals surface area contributed by atoms with Crippen LogP contribution < -0.4 is 10.1 Å². The van der Waals surface area contributed by atoms with E-state index < -0.39 is 0 Å². The normalized spacial score (nSPS) is 11.7. The second kappa shape index (κ2) is 10.7. The van der Waals surface area contributed by atoms with E-state index in [1.54, 1.807) is 18.2 Å². The van der Waals surface area contributed by atoms with Gasteiger partial charge in [0.25, 0.3) is 0 Å². The third-order valence-electron chi connectivity index (χ3n) is 3.66. The number of nitrogens with one attached hydrogen (secondary N) is 1. The van der Waals surface area contributed by atoms with Crippen LogP contribution >= 0.6 is 28.3 Å². The lowest BCUT2D eigenvalue weighted by molar-refractivity contribution is 0.237. The average molecular weight is 419 g/mol. The van der Waals surface area contributed by atoms with E-state index in [9.17, 15) is 9.50 Å². The highest BCUT2D eigenvalue weighted by Gasteiger charge is 2.09. The first-order valence-electron chi connectivity index (χ1n) is 7.63. The molecule has 2 aromatic rings. The van der Waals surface area contributed by atoms with E-state index in [0.717, 1.165) is 16.5 Å². The Morgan fingerprint density at radius 2 is 1.96 bits per heavy atom. The maximum Gasteiger partial charge on any atom is 0.129 e. The highest BCUT2D eigenvalue weighted by Crippen LogP contribution is 2.24. The first-order valence-corrected chi connectivity index (χ1v) is 8.42. The average Bonchev–Trinajstić information content (AvgIpc) is 2.56. The van der Waals surface area contributed by atoms with Crippen molar-refractivity contribution in [2.75, 3.05) is 6.61 Å². The van der Waals surface area contributed by atoms with Crippen molar-refractivity contribution in [3.63, 3.8) is 0 Å². The smallest absolute Gasteiger partial charge is 0.129 e. The molecule has 0 radical (unpaired) electrons. The van der Waals surface area contributed by atoms with Gasteiger partial charge in [0.05, 0.1) is 6.61 Å². The van der Waals surface area contributed by atoms with Crippen LogP contribution in [0.1, 0.15) is 24.5 Å². The maximum absolute atomic E-state index is 13.7. The molecule has 0 bridgehead atoms. The van der Waals surface area contributed by atoms with Crippen molar-refractivity contribution in [2.24, 2.45) is 0 Å². The summed E-state index contributed by atoms with van der Waals surface area (Å²) < 4.78 is 20.4. The minimum absolute atomic E-state index is 0. The molecule has 3 nitrogen and oxygen atoms in total. The minimum atomic E-state index is -0.268. The lowest BCUT2D eigenvalue weighted by Gasteiger charge is -2.17. The van der Waals surface area contributed by atoms with E-state index in [1.165, 1.54) is 6.07 Å². The zero-order valence-corrected chi connectivity index (χ0v) is 15.9. The lowest BCUT2D eigenvalue weighted by atomic mass is 10.1. The molecule has 0 amide bonds. The van der Waals surface area contributed by atoms with Crippen LogP contribution in [0.2, 0.25) is 0 Å². The maximum atomic E-state index is 13.7. The SMILES string of the molecule is CCC(CO)NCc1cc(Br)ccc1OCc1ccccc1F.Cl. The van der Waals surface area contributed by atoms with Gasteiger partial charge in [-0.05, 0) is 30.7 Å². The Hall–Kier alpha value is -1.14. The standard InChI is InChI=1S/C18H21BrFNO2.ClH/c1-2-16(11-22)21-10-14-9-15(19)7-8-18(14)23-12-13-5-3-4-6-17(13)20;/h3-9,16,21-22H,2,10-12H2,1H3;1H. The number of aliphatic hydroxyl groups is 1. The zero-order valence-electron chi connectivity index (χ0n) is 13.5. The van der Waals surface area contributed by atoms with Gasteiger partial charge in [0.15, 0.2) is 0 Å². The van der Waals surface area contributed by atoms with E-state index in [0.29, 0.717) is 17.9 Å². The largest absolute Gasteiger partial charge is 0.488 e. The Bertz CT molecular complexity index is 638. The molecule has 2 rings (SSSR count). The van der Waals surface area contributed by atoms with Crippen molar-refractivity contribution in [2.45, 2.75) is 32.5 Å². The number of hydrogen-bond acceptors (Lipinski definition) is 3. The molecule has 0 heterocycles. The van der Waals surface area contributed by atoms with Crippen molar-refractivity contribution >= 4 is 28.3 Å². The van der Waals surface area contributed by atoms with Crippen molar-refractivity contribution in [3.8, 4) is 5.75 Å². The lowest BCUT2D eigenvalue weighted by Crippen LogP contribution is -2.31. The second-order valence-corrected chi connectivity index (χ2v) is 6.22. The summed E-state index contributed by atoms with van der Waals surface area (Å²) in [6.45, 7) is 2.87. The molecule has 1 unspecified atom stereocenters. The monoisotopic (exact) mass is 417 g/mol. The van der Waals surface area contributed by atoms with E-state index >= 15 is 0 Å². The van der Waals surface area contributed by atoms with Gasteiger partial charge < -0.3 is 15.2 Å². The fourth-order valence-electron chi connectivity index (χ4n) is 2.19. The third kappa shape index (κ3) is 6.06. The van der Waals surface area contributed by atoms with Crippen LogP contribution in [-0.4, -0.2) is 17.8 Å². The summed E-state index contributed by atoms with van der Waals surface area (Å²) >= 11 is 3.45. The molecular formula is C18H22BrClFNO2. The highest BCUT2D eigenvalue weighted by molar-refractivity contribution is 9.10. The van der Waals surface area contributed by atoms with Gasteiger partial charge in [-0.25, -0.2) is 4.39 Å². The summed E-state index contributed by atoms with van der Waals surface area (Å²) in [6.07, 6.45) is 0.843. The van der Waals surface area contributed by atoms with Gasteiger partial charge in [0.2, 0.25) is 0 Å². The summed E-state index contributed by atoms with van der Waals surface area (Å²) in [5.74, 6) is 0.437. The number of hydrogen-bond donors (Lipinski definition) is 2. The van der Waals surface area contributed by atoms with Crippen LogP contribution in [0.15, 0.2) is 46.9 Å². The molecule has 2 N–H and O–H groups in total. The van der Waals surface area contributed by atoms with E-state index in [-0.39, 0.29) is 37.5 Å². The van der Waals surface area contributed by atoms with Crippen molar-refractivity contribution in [1.82, 2.24) is 5.32 Å². The number of ether oxygens (including phenoxy) is 1. The molecule has 0 aromatic heterocycles.